The lowest BCUT2D eigenvalue weighted by Gasteiger charge is -2.31. The minimum atomic E-state index is -0.329. The van der Waals surface area contributed by atoms with Crippen molar-refractivity contribution in [3.63, 3.8) is 0 Å². The Hall–Kier alpha value is -1.46. The van der Waals surface area contributed by atoms with Crippen molar-refractivity contribution in [3.8, 4) is 0 Å². The van der Waals surface area contributed by atoms with Gasteiger partial charge in [0.2, 0.25) is 0 Å². The molecule has 0 aromatic heterocycles. The van der Waals surface area contributed by atoms with Gasteiger partial charge in [-0.1, -0.05) is 5.11 Å². The Kier molecular flexibility index (Phi) is 3.71. The molecule has 94 valence electrons. The second-order valence-electron chi connectivity index (χ2n) is 4.53. The molecule has 0 radical (unpaired) electrons. The minimum absolute atomic E-state index is 0.155. The first-order chi connectivity index (χ1) is 8.20. The number of aliphatic hydroxyl groups is 1. The van der Waals surface area contributed by atoms with Crippen molar-refractivity contribution >= 4 is 6.09 Å². The number of ether oxygens (including phenoxy) is 1. The largest absolute Gasteiger partial charge is 0.444 e. The summed E-state index contributed by atoms with van der Waals surface area (Å²) in [7, 11) is 0. The van der Waals surface area contributed by atoms with Crippen LogP contribution in [0.4, 0.5) is 4.79 Å². The third kappa shape index (κ3) is 2.81. The summed E-state index contributed by atoms with van der Waals surface area (Å²) in [6.45, 7) is 0.673. The summed E-state index contributed by atoms with van der Waals surface area (Å²) in [6, 6.07) is 0.155. The third-order valence-corrected chi connectivity index (χ3v) is 3.36. The summed E-state index contributed by atoms with van der Waals surface area (Å²) in [6.07, 6.45) is 2.19. The Morgan fingerprint density at radius 2 is 2.18 bits per heavy atom. The van der Waals surface area contributed by atoms with Gasteiger partial charge in [-0.3, -0.25) is 0 Å². The van der Waals surface area contributed by atoms with Crippen LogP contribution in [-0.2, 0) is 4.74 Å². The van der Waals surface area contributed by atoms with Crippen molar-refractivity contribution in [3.05, 3.63) is 10.4 Å². The third-order valence-electron chi connectivity index (χ3n) is 3.36. The predicted octanol–water partition coefficient (Wildman–Crippen LogP) is 1.42. The van der Waals surface area contributed by atoms with Crippen molar-refractivity contribution < 1.29 is 14.6 Å². The predicted molar refractivity (Wildman–Crippen MR) is 59.3 cm³/mol. The molecule has 1 heterocycles. The van der Waals surface area contributed by atoms with Gasteiger partial charge in [-0.2, -0.15) is 0 Å². The van der Waals surface area contributed by atoms with Gasteiger partial charge in [0.05, 0.1) is 19.2 Å². The van der Waals surface area contributed by atoms with Crippen molar-refractivity contribution in [2.45, 2.75) is 43.9 Å². The average Bonchev–Trinajstić information content (AvgIpc) is 2.69. The number of nitrogens with zero attached hydrogens (tertiary/aromatic N) is 4. The molecule has 2 fully saturated rings. The first-order valence-electron chi connectivity index (χ1n) is 5.87. The molecule has 1 amide bonds. The number of hydrogen-bond acceptors (Lipinski definition) is 4. The number of aliphatic hydroxyl groups excluding tert-OH is 1. The fraction of sp³-hybridized carbons (Fsp3) is 0.900. The first kappa shape index (κ1) is 12.0. The lowest BCUT2D eigenvalue weighted by Crippen LogP contribution is -2.40. The molecule has 0 bridgehead atoms. The van der Waals surface area contributed by atoms with E-state index in [0.717, 1.165) is 25.7 Å². The highest BCUT2D eigenvalue weighted by atomic mass is 16.6. The molecule has 0 aromatic carbocycles. The van der Waals surface area contributed by atoms with Crippen LogP contribution >= 0.6 is 0 Å². The van der Waals surface area contributed by atoms with Crippen molar-refractivity contribution in [1.29, 1.82) is 0 Å². The summed E-state index contributed by atoms with van der Waals surface area (Å²) in [5.41, 5.74) is 8.21. The van der Waals surface area contributed by atoms with Crippen LogP contribution in [0.1, 0.15) is 25.7 Å². The highest BCUT2D eigenvalue weighted by Gasteiger charge is 2.36. The highest BCUT2D eigenvalue weighted by Crippen LogP contribution is 2.26. The molecule has 1 aliphatic heterocycles. The van der Waals surface area contributed by atoms with Crippen molar-refractivity contribution in [2.24, 2.45) is 5.11 Å². The van der Waals surface area contributed by atoms with Gasteiger partial charge in [0.15, 0.2) is 0 Å². The minimum Gasteiger partial charge on any atom is -0.444 e. The van der Waals surface area contributed by atoms with Gasteiger partial charge < -0.3 is 14.7 Å². The number of amides is 1. The smallest absolute Gasteiger partial charge is 0.410 e. The van der Waals surface area contributed by atoms with Crippen molar-refractivity contribution in [2.75, 3.05) is 13.1 Å². The van der Waals surface area contributed by atoms with E-state index in [1.54, 1.807) is 4.90 Å². The molecule has 0 aromatic rings. The molecule has 7 heteroatoms. The number of rotatable bonds is 3. The molecule has 1 atom stereocenters. The second-order valence-corrected chi connectivity index (χ2v) is 4.53. The van der Waals surface area contributed by atoms with Gasteiger partial charge in [0, 0.05) is 11.0 Å². The second kappa shape index (κ2) is 5.25. The SMILES string of the molecule is [N-]=[N+]=NC[C@H]1CN(C2CCC(O)CC2)C(=O)O1. The van der Waals surface area contributed by atoms with Crippen LogP contribution in [0.15, 0.2) is 5.11 Å². The fourth-order valence-corrected chi connectivity index (χ4v) is 2.43. The maximum Gasteiger partial charge on any atom is 0.410 e. The lowest BCUT2D eigenvalue weighted by molar-refractivity contribution is 0.0853. The topological polar surface area (TPSA) is 98.5 Å². The van der Waals surface area contributed by atoms with E-state index in [0.29, 0.717) is 6.54 Å². The molecule has 1 N–H and O–H groups in total. The normalized spacial score (nSPS) is 33.1. The van der Waals surface area contributed by atoms with E-state index in [4.69, 9.17) is 10.3 Å². The Bertz CT molecular complexity index is 334. The molecular formula is C10H16N4O3. The maximum atomic E-state index is 11.6. The molecule has 1 saturated heterocycles. The molecular weight excluding hydrogens is 224 g/mol. The van der Waals surface area contributed by atoms with Gasteiger partial charge in [0.25, 0.3) is 0 Å². The quantitative estimate of drug-likeness (QED) is 0.458. The Balaban J connectivity index is 1.89. The number of hydrogen-bond donors (Lipinski definition) is 1. The van der Waals surface area contributed by atoms with Crippen LogP contribution < -0.4 is 0 Å². The van der Waals surface area contributed by atoms with E-state index in [-0.39, 0.29) is 30.9 Å². The molecule has 0 unspecified atom stereocenters. The molecule has 1 aliphatic carbocycles. The monoisotopic (exact) mass is 240 g/mol. The van der Waals surface area contributed by atoms with Gasteiger partial charge in [-0.05, 0) is 31.2 Å². The van der Waals surface area contributed by atoms with Gasteiger partial charge in [0.1, 0.15) is 6.10 Å². The first-order valence-corrected chi connectivity index (χ1v) is 5.87. The number of cyclic esters (lactones) is 1. The van der Waals surface area contributed by atoms with Gasteiger partial charge in [-0.25, -0.2) is 4.79 Å². The van der Waals surface area contributed by atoms with E-state index < -0.39 is 0 Å². The molecule has 17 heavy (non-hydrogen) atoms. The maximum absolute atomic E-state index is 11.6. The van der Waals surface area contributed by atoms with Crippen LogP contribution in [0, 0.1) is 0 Å². The van der Waals surface area contributed by atoms with E-state index >= 15 is 0 Å². The molecule has 2 aliphatic rings. The van der Waals surface area contributed by atoms with Crippen LogP contribution in [0.25, 0.3) is 10.4 Å². The highest BCUT2D eigenvalue weighted by molar-refractivity contribution is 5.70. The standard InChI is InChI=1S/C10H16N4O3/c11-13-12-5-9-6-14(10(16)17-9)7-1-3-8(15)4-2-7/h7-9,15H,1-6H2/t7?,8?,9-/m0/s1. The van der Waals surface area contributed by atoms with E-state index in [1.165, 1.54) is 0 Å². The zero-order valence-corrected chi connectivity index (χ0v) is 9.53. The number of azide groups is 1. The Labute approximate surface area is 99.0 Å². The van der Waals surface area contributed by atoms with Gasteiger partial charge in [-0.15, -0.1) is 0 Å². The molecule has 2 rings (SSSR count). The fourth-order valence-electron chi connectivity index (χ4n) is 2.43. The van der Waals surface area contributed by atoms with Crippen LogP contribution in [0.3, 0.4) is 0 Å². The summed E-state index contributed by atoms with van der Waals surface area (Å²) in [5.74, 6) is 0. The zero-order chi connectivity index (χ0) is 12.3. The molecule has 0 spiro atoms. The summed E-state index contributed by atoms with van der Waals surface area (Å²) in [5, 5.41) is 12.8. The Morgan fingerprint density at radius 3 is 2.82 bits per heavy atom. The van der Waals surface area contributed by atoms with Crippen LogP contribution in [0.2, 0.25) is 0 Å². The zero-order valence-electron chi connectivity index (χ0n) is 9.53. The number of carbonyl (C=O) groups excluding carboxylic acids is 1. The molecule has 7 nitrogen and oxygen atoms in total. The van der Waals surface area contributed by atoms with E-state index in [1.807, 2.05) is 0 Å². The van der Waals surface area contributed by atoms with Crippen LogP contribution in [-0.4, -0.2) is 47.4 Å². The lowest BCUT2D eigenvalue weighted by atomic mass is 9.92. The molecule has 1 saturated carbocycles. The number of carbonyl (C=O) groups is 1. The van der Waals surface area contributed by atoms with E-state index in [2.05, 4.69) is 10.0 Å². The summed E-state index contributed by atoms with van der Waals surface area (Å²) < 4.78 is 5.12. The Morgan fingerprint density at radius 1 is 1.47 bits per heavy atom. The summed E-state index contributed by atoms with van der Waals surface area (Å²) >= 11 is 0. The van der Waals surface area contributed by atoms with Crippen LogP contribution in [0.5, 0.6) is 0 Å². The average molecular weight is 240 g/mol. The summed E-state index contributed by atoms with van der Waals surface area (Å²) in [4.78, 5) is 16.0. The van der Waals surface area contributed by atoms with Gasteiger partial charge >= 0.3 is 6.09 Å². The van der Waals surface area contributed by atoms with Crippen molar-refractivity contribution in [1.82, 2.24) is 4.90 Å². The van der Waals surface area contributed by atoms with E-state index in [9.17, 15) is 9.90 Å².